The minimum absolute atomic E-state index is 0.202. The van der Waals surface area contributed by atoms with Crippen LogP contribution in [0.4, 0.5) is 4.79 Å². The van der Waals surface area contributed by atoms with Gasteiger partial charge in [-0.15, -0.1) is 0 Å². The van der Waals surface area contributed by atoms with E-state index >= 15 is 0 Å². The third-order valence-corrected chi connectivity index (χ3v) is 4.63. The monoisotopic (exact) mass is 398 g/mol. The lowest BCUT2D eigenvalue weighted by molar-refractivity contribution is -0.145. The maximum absolute atomic E-state index is 12.6. The average Bonchev–Trinajstić information content (AvgIpc) is 3.10. The molecular formula is C22H26N2O5. The van der Waals surface area contributed by atoms with E-state index in [4.69, 9.17) is 14.2 Å². The van der Waals surface area contributed by atoms with Crippen LogP contribution in [0.3, 0.4) is 0 Å². The van der Waals surface area contributed by atoms with Gasteiger partial charge in [0.25, 0.3) is 0 Å². The van der Waals surface area contributed by atoms with Crippen molar-refractivity contribution in [2.45, 2.75) is 44.9 Å². The molecule has 2 aromatic rings. The predicted molar refractivity (Wildman–Crippen MR) is 110 cm³/mol. The van der Waals surface area contributed by atoms with Crippen molar-refractivity contribution in [2.24, 2.45) is 0 Å². The van der Waals surface area contributed by atoms with Crippen LogP contribution in [0.25, 0.3) is 16.8 Å². The number of methoxy groups -OCH3 is 1. The lowest BCUT2D eigenvalue weighted by Crippen LogP contribution is -2.44. The Labute approximate surface area is 170 Å². The number of rotatable bonds is 4. The van der Waals surface area contributed by atoms with Gasteiger partial charge in [0, 0.05) is 18.0 Å². The summed E-state index contributed by atoms with van der Waals surface area (Å²) < 4.78 is 16.4. The highest BCUT2D eigenvalue weighted by Gasteiger charge is 2.43. The number of aromatic nitrogens is 1. The molecule has 1 aliphatic heterocycles. The first-order chi connectivity index (χ1) is 13.7. The maximum Gasteiger partial charge on any atom is 0.411 e. The molecule has 0 radical (unpaired) electrons. The smallest absolute Gasteiger partial charge is 0.411 e. The molecule has 29 heavy (non-hydrogen) atoms. The highest BCUT2D eigenvalue weighted by molar-refractivity contribution is 5.88. The van der Waals surface area contributed by atoms with Crippen molar-refractivity contribution in [3.05, 3.63) is 42.6 Å². The number of esters is 1. The van der Waals surface area contributed by atoms with E-state index in [0.717, 1.165) is 16.3 Å². The lowest BCUT2D eigenvalue weighted by Gasteiger charge is -2.27. The molecule has 0 spiro atoms. The van der Waals surface area contributed by atoms with Gasteiger partial charge in [0.2, 0.25) is 5.88 Å². The summed E-state index contributed by atoms with van der Waals surface area (Å²) in [5.74, 6) is -0.0485. The highest BCUT2D eigenvalue weighted by atomic mass is 16.6. The summed E-state index contributed by atoms with van der Waals surface area (Å²) in [6.07, 6.45) is 2.73. The summed E-state index contributed by atoms with van der Waals surface area (Å²) in [5.41, 5.74) is 0.277. The van der Waals surface area contributed by atoms with E-state index in [1.807, 2.05) is 24.3 Å². The fraction of sp³-hybridized carbons (Fsp3) is 0.409. The Morgan fingerprint density at radius 3 is 2.69 bits per heavy atom. The zero-order valence-electron chi connectivity index (χ0n) is 17.2. The molecule has 1 amide bonds. The van der Waals surface area contributed by atoms with Gasteiger partial charge in [-0.25, -0.2) is 14.6 Å². The van der Waals surface area contributed by atoms with E-state index < -0.39 is 29.8 Å². The number of amides is 1. The zero-order chi connectivity index (χ0) is 21.2. The molecule has 1 aromatic heterocycles. The number of hydrogen-bond donors (Lipinski definition) is 0. The van der Waals surface area contributed by atoms with E-state index in [2.05, 4.69) is 11.6 Å². The molecule has 2 atom stereocenters. The van der Waals surface area contributed by atoms with Crippen molar-refractivity contribution in [3.63, 3.8) is 0 Å². The van der Waals surface area contributed by atoms with Crippen molar-refractivity contribution in [2.75, 3.05) is 13.7 Å². The molecule has 7 heteroatoms. The van der Waals surface area contributed by atoms with Crippen LogP contribution in [-0.4, -0.2) is 53.3 Å². The number of fused-ring (bicyclic) bond motifs is 1. The fourth-order valence-corrected chi connectivity index (χ4v) is 3.30. The van der Waals surface area contributed by atoms with Gasteiger partial charge in [0.05, 0.1) is 13.7 Å². The summed E-state index contributed by atoms with van der Waals surface area (Å²) in [5, 5.41) is 1.82. The molecule has 2 heterocycles. The molecule has 7 nitrogen and oxygen atoms in total. The Kier molecular flexibility index (Phi) is 5.77. The number of carbonyl (C=O) groups is 2. The molecule has 1 saturated heterocycles. The van der Waals surface area contributed by atoms with Gasteiger partial charge < -0.3 is 14.2 Å². The number of nitrogens with zero attached hydrogens (tertiary/aromatic N) is 2. The van der Waals surface area contributed by atoms with Gasteiger partial charge in [0.15, 0.2) is 0 Å². The predicted octanol–water partition coefficient (Wildman–Crippen LogP) is 3.81. The third kappa shape index (κ3) is 4.67. The quantitative estimate of drug-likeness (QED) is 0.729. The van der Waals surface area contributed by atoms with Crippen LogP contribution < -0.4 is 4.74 Å². The van der Waals surface area contributed by atoms with Gasteiger partial charge in [0.1, 0.15) is 17.7 Å². The summed E-state index contributed by atoms with van der Waals surface area (Å²) >= 11 is 0. The number of likely N-dealkylation sites (tertiary alicyclic amines) is 1. The minimum Gasteiger partial charge on any atom is -0.472 e. The van der Waals surface area contributed by atoms with Crippen molar-refractivity contribution in [3.8, 4) is 5.88 Å². The van der Waals surface area contributed by atoms with Crippen LogP contribution >= 0.6 is 0 Å². The summed E-state index contributed by atoms with van der Waals surface area (Å²) in [7, 11) is 1.30. The van der Waals surface area contributed by atoms with Crippen LogP contribution in [0, 0.1) is 0 Å². The van der Waals surface area contributed by atoms with Gasteiger partial charge in [-0.2, -0.15) is 0 Å². The second-order valence-electron chi connectivity index (χ2n) is 7.95. The van der Waals surface area contributed by atoms with Gasteiger partial charge in [-0.1, -0.05) is 24.8 Å². The van der Waals surface area contributed by atoms with Gasteiger partial charge in [-0.3, -0.25) is 4.90 Å². The van der Waals surface area contributed by atoms with Crippen molar-refractivity contribution >= 4 is 28.9 Å². The van der Waals surface area contributed by atoms with E-state index in [0.29, 0.717) is 12.3 Å². The first-order valence-electron chi connectivity index (χ1n) is 9.47. The molecule has 0 saturated carbocycles. The molecule has 0 N–H and O–H groups in total. The lowest BCUT2D eigenvalue weighted by atomic mass is 10.1. The molecule has 154 valence electrons. The number of hydrogen-bond acceptors (Lipinski definition) is 6. The van der Waals surface area contributed by atoms with Crippen molar-refractivity contribution < 1.29 is 23.8 Å². The molecule has 0 bridgehead atoms. The number of pyridine rings is 1. The Hall–Kier alpha value is -3.09. The molecule has 3 rings (SSSR count). The Morgan fingerprint density at radius 2 is 2.03 bits per heavy atom. The van der Waals surface area contributed by atoms with Crippen molar-refractivity contribution in [1.82, 2.24) is 9.88 Å². The van der Waals surface area contributed by atoms with Crippen molar-refractivity contribution in [1.29, 1.82) is 0 Å². The van der Waals surface area contributed by atoms with Crippen LogP contribution in [0.5, 0.6) is 5.88 Å². The van der Waals surface area contributed by atoms with E-state index in [1.165, 1.54) is 12.0 Å². The highest BCUT2D eigenvalue weighted by Crippen LogP contribution is 2.29. The number of carbonyl (C=O) groups excluding carboxylic acids is 2. The van der Waals surface area contributed by atoms with E-state index in [-0.39, 0.29) is 6.54 Å². The minimum atomic E-state index is -0.765. The fourth-order valence-electron chi connectivity index (χ4n) is 3.30. The maximum atomic E-state index is 12.6. The van der Waals surface area contributed by atoms with E-state index in [1.54, 1.807) is 33.0 Å². The third-order valence-electron chi connectivity index (χ3n) is 4.63. The zero-order valence-corrected chi connectivity index (χ0v) is 17.2. The second kappa shape index (κ2) is 8.11. The topological polar surface area (TPSA) is 78.0 Å². The van der Waals surface area contributed by atoms with Crippen LogP contribution in [0.1, 0.15) is 32.8 Å². The SMILES string of the molecule is C=Cc1ccc2ccnc(OC3CC(C(=O)OC)N(C(=O)OC(C)(C)C)C3)c2c1. The summed E-state index contributed by atoms with van der Waals surface area (Å²) in [6, 6.07) is 7.02. The first kappa shape index (κ1) is 20.6. The Bertz CT molecular complexity index is 934. The second-order valence-corrected chi connectivity index (χ2v) is 7.95. The van der Waals surface area contributed by atoms with Crippen LogP contribution in [0.15, 0.2) is 37.0 Å². The summed E-state index contributed by atoms with van der Waals surface area (Å²) in [6.45, 7) is 9.33. The number of benzene rings is 1. The number of ether oxygens (including phenoxy) is 3. The molecule has 0 aliphatic carbocycles. The van der Waals surface area contributed by atoms with Crippen LogP contribution in [-0.2, 0) is 14.3 Å². The molecule has 1 fully saturated rings. The normalized spacial score (nSPS) is 19.1. The summed E-state index contributed by atoms with van der Waals surface area (Å²) in [4.78, 5) is 30.6. The Morgan fingerprint density at radius 1 is 1.28 bits per heavy atom. The van der Waals surface area contributed by atoms with E-state index in [9.17, 15) is 9.59 Å². The molecule has 1 aliphatic rings. The van der Waals surface area contributed by atoms with Crippen LogP contribution in [0.2, 0.25) is 0 Å². The Balaban J connectivity index is 1.85. The molecule has 1 aromatic carbocycles. The van der Waals surface area contributed by atoms with Gasteiger partial charge >= 0.3 is 12.1 Å². The first-order valence-corrected chi connectivity index (χ1v) is 9.47. The molecule has 2 unspecified atom stereocenters. The largest absolute Gasteiger partial charge is 0.472 e. The average molecular weight is 398 g/mol. The standard InChI is InChI=1S/C22H26N2O5/c1-6-14-7-8-15-9-10-23-19(17(15)11-14)28-16-12-18(20(25)27-5)24(13-16)21(26)29-22(2,3)4/h6-11,16,18H,1,12-13H2,2-5H3. The molecular weight excluding hydrogens is 372 g/mol. The van der Waals surface area contributed by atoms with Gasteiger partial charge in [-0.05, 0) is 43.9 Å².